The Morgan fingerprint density at radius 2 is 2.15 bits per heavy atom. The van der Waals surface area contributed by atoms with E-state index in [4.69, 9.17) is 4.42 Å². The van der Waals surface area contributed by atoms with Crippen LogP contribution in [-0.2, 0) is 13.6 Å². The molecule has 0 bridgehead atoms. The van der Waals surface area contributed by atoms with Crippen molar-refractivity contribution in [2.75, 3.05) is 0 Å². The fraction of sp³-hybridized carbons (Fsp3) is 0.333. The molecule has 0 fully saturated rings. The molecular formula is C15H18N4O. The topological polar surface area (TPSA) is 55.9 Å². The third-order valence-corrected chi connectivity index (χ3v) is 3.46. The van der Waals surface area contributed by atoms with Gasteiger partial charge in [-0.05, 0) is 26.0 Å². The highest BCUT2D eigenvalue weighted by atomic mass is 16.4. The summed E-state index contributed by atoms with van der Waals surface area (Å²) in [5.74, 6) is 2.54. The second kappa shape index (κ2) is 5.09. The molecule has 3 rings (SSSR count). The summed E-state index contributed by atoms with van der Waals surface area (Å²) in [6, 6.07) is 8.19. The molecule has 1 N–H and O–H groups in total. The van der Waals surface area contributed by atoms with Gasteiger partial charge in [-0.1, -0.05) is 12.1 Å². The van der Waals surface area contributed by atoms with E-state index in [2.05, 4.69) is 25.9 Å². The predicted octanol–water partition coefficient (Wildman–Crippen LogP) is 2.72. The predicted molar refractivity (Wildman–Crippen MR) is 77.2 cm³/mol. The highest BCUT2D eigenvalue weighted by Gasteiger charge is 2.13. The van der Waals surface area contributed by atoms with E-state index in [0.29, 0.717) is 12.4 Å². The van der Waals surface area contributed by atoms with Crippen LogP contribution < -0.4 is 5.32 Å². The number of hydrogen-bond acceptors (Lipinski definition) is 4. The van der Waals surface area contributed by atoms with Crippen molar-refractivity contribution in [3.63, 3.8) is 0 Å². The van der Waals surface area contributed by atoms with Crippen LogP contribution in [0.1, 0.15) is 30.4 Å². The van der Waals surface area contributed by atoms with Crippen LogP contribution in [0, 0.1) is 6.92 Å². The zero-order chi connectivity index (χ0) is 14.1. The number of rotatable bonds is 4. The maximum Gasteiger partial charge on any atom is 0.211 e. The Bertz CT molecular complexity index is 728. The highest BCUT2D eigenvalue weighted by Crippen LogP contribution is 2.16. The Kier molecular flexibility index (Phi) is 3.28. The van der Waals surface area contributed by atoms with Crippen LogP contribution in [0.3, 0.4) is 0 Å². The normalized spacial score (nSPS) is 12.9. The van der Waals surface area contributed by atoms with E-state index in [1.54, 1.807) is 6.20 Å². The standard InChI is InChI=1S/C15H18N4O/c1-10-8-17-15(20-10)11(2)16-9-14-18-12-6-4-5-7-13(12)19(14)3/h4-8,11,16H,9H2,1-3H3. The average Bonchev–Trinajstić information content (AvgIpc) is 3.01. The fourth-order valence-corrected chi connectivity index (χ4v) is 2.26. The number of hydrogen-bond donors (Lipinski definition) is 1. The molecule has 2 heterocycles. The minimum Gasteiger partial charge on any atom is -0.444 e. The lowest BCUT2D eigenvalue weighted by atomic mass is 10.3. The number of imidazole rings is 1. The summed E-state index contributed by atoms with van der Waals surface area (Å²) in [7, 11) is 2.03. The quantitative estimate of drug-likeness (QED) is 0.792. The summed E-state index contributed by atoms with van der Waals surface area (Å²) in [5, 5.41) is 3.39. The molecule has 3 aromatic rings. The number of nitrogens with zero attached hydrogens (tertiary/aromatic N) is 3. The zero-order valence-corrected chi connectivity index (χ0v) is 11.9. The fourth-order valence-electron chi connectivity index (χ4n) is 2.26. The average molecular weight is 270 g/mol. The second-order valence-electron chi connectivity index (χ2n) is 4.99. The van der Waals surface area contributed by atoms with Crippen molar-refractivity contribution in [1.29, 1.82) is 0 Å². The van der Waals surface area contributed by atoms with E-state index in [9.17, 15) is 0 Å². The van der Waals surface area contributed by atoms with Gasteiger partial charge < -0.3 is 8.98 Å². The number of benzene rings is 1. The van der Waals surface area contributed by atoms with Gasteiger partial charge in [-0.3, -0.25) is 5.32 Å². The van der Waals surface area contributed by atoms with Crippen molar-refractivity contribution < 1.29 is 4.42 Å². The molecule has 5 heteroatoms. The molecule has 104 valence electrons. The van der Waals surface area contributed by atoms with Crippen molar-refractivity contribution in [2.45, 2.75) is 26.4 Å². The number of fused-ring (bicyclic) bond motifs is 1. The number of aryl methyl sites for hydroxylation is 2. The Balaban J connectivity index is 1.75. The Morgan fingerprint density at radius 1 is 1.35 bits per heavy atom. The summed E-state index contributed by atoms with van der Waals surface area (Å²) in [6.45, 7) is 4.61. The largest absolute Gasteiger partial charge is 0.444 e. The highest BCUT2D eigenvalue weighted by molar-refractivity contribution is 5.75. The second-order valence-corrected chi connectivity index (χ2v) is 4.99. The van der Waals surface area contributed by atoms with Gasteiger partial charge in [-0.2, -0.15) is 0 Å². The molecule has 0 saturated heterocycles. The van der Waals surface area contributed by atoms with Crippen molar-refractivity contribution in [3.05, 3.63) is 47.9 Å². The lowest BCUT2D eigenvalue weighted by molar-refractivity contribution is 0.398. The summed E-state index contributed by atoms with van der Waals surface area (Å²) in [6.07, 6.45) is 1.74. The molecule has 1 atom stereocenters. The first-order chi connectivity index (χ1) is 9.65. The molecule has 0 saturated carbocycles. The molecular weight excluding hydrogens is 252 g/mol. The molecule has 1 aromatic carbocycles. The molecule has 0 aliphatic heterocycles. The van der Waals surface area contributed by atoms with Gasteiger partial charge in [0.1, 0.15) is 11.6 Å². The van der Waals surface area contributed by atoms with Gasteiger partial charge in [-0.15, -0.1) is 0 Å². The smallest absolute Gasteiger partial charge is 0.211 e. The van der Waals surface area contributed by atoms with Gasteiger partial charge in [0, 0.05) is 7.05 Å². The third-order valence-electron chi connectivity index (χ3n) is 3.46. The van der Waals surface area contributed by atoms with Gasteiger partial charge in [0.05, 0.1) is 29.8 Å². The van der Waals surface area contributed by atoms with E-state index >= 15 is 0 Å². The van der Waals surface area contributed by atoms with Gasteiger partial charge in [0.2, 0.25) is 5.89 Å². The van der Waals surface area contributed by atoms with Crippen LogP contribution in [0.25, 0.3) is 11.0 Å². The molecule has 0 amide bonds. The molecule has 20 heavy (non-hydrogen) atoms. The van der Waals surface area contributed by atoms with E-state index in [1.807, 2.05) is 39.1 Å². The molecule has 1 unspecified atom stereocenters. The first-order valence-electron chi connectivity index (χ1n) is 6.71. The molecule has 0 aliphatic carbocycles. The summed E-state index contributed by atoms with van der Waals surface area (Å²) in [5.41, 5.74) is 2.16. The van der Waals surface area contributed by atoms with Crippen LogP contribution in [0.2, 0.25) is 0 Å². The molecule has 5 nitrogen and oxygen atoms in total. The minimum atomic E-state index is 0.0588. The van der Waals surface area contributed by atoms with Crippen molar-refractivity contribution in [3.8, 4) is 0 Å². The van der Waals surface area contributed by atoms with Gasteiger partial charge in [-0.25, -0.2) is 9.97 Å². The summed E-state index contributed by atoms with van der Waals surface area (Å²) in [4.78, 5) is 8.87. The van der Waals surface area contributed by atoms with E-state index in [-0.39, 0.29) is 6.04 Å². The monoisotopic (exact) mass is 270 g/mol. The SMILES string of the molecule is Cc1cnc(C(C)NCc2nc3ccccc3n2C)o1. The van der Waals surface area contributed by atoms with E-state index in [0.717, 1.165) is 22.6 Å². The van der Waals surface area contributed by atoms with Crippen LogP contribution in [-0.4, -0.2) is 14.5 Å². The zero-order valence-electron chi connectivity index (χ0n) is 11.9. The van der Waals surface area contributed by atoms with Crippen molar-refractivity contribution in [2.24, 2.45) is 7.05 Å². The number of oxazole rings is 1. The lowest BCUT2D eigenvalue weighted by Gasteiger charge is -2.10. The van der Waals surface area contributed by atoms with Crippen molar-refractivity contribution in [1.82, 2.24) is 19.9 Å². The third kappa shape index (κ3) is 2.32. The Hall–Kier alpha value is -2.14. The van der Waals surface area contributed by atoms with Gasteiger partial charge in [0.15, 0.2) is 0 Å². The van der Waals surface area contributed by atoms with Gasteiger partial charge in [0.25, 0.3) is 0 Å². The van der Waals surface area contributed by atoms with Gasteiger partial charge >= 0.3 is 0 Å². The van der Waals surface area contributed by atoms with E-state index in [1.165, 1.54) is 0 Å². The first-order valence-corrected chi connectivity index (χ1v) is 6.71. The number of nitrogens with one attached hydrogen (secondary N) is 1. The molecule has 0 aliphatic rings. The number of para-hydroxylation sites is 2. The van der Waals surface area contributed by atoms with Crippen molar-refractivity contribution >= 4 is 11.0 Å². The number of aromatic nitrogens is 3. The van der Waals surface area contributed by atoms with Crippen LogP contribution in [0.15, 0.2) is 34.9 Å². The Morgan fingerprint density at radius 3 is 2.85 bits per heavy atom. The summed E-state index contributed by atoms with van der Waals surface area (Å²) < 4.78 is 7.63. The molecule has 2 aromatic heterocycles. The molecule has 0 radical (unpaired) electrons. The summed E-state index contributed by atoms with van der Waals surface area (Å²) >= 11 is 0. The first kappa shape index (κ1) is 12.9. The van der Waals surface area contributed by atoms with Crippen LogP contribution in [0.4, 0.5) is 0 Å². The van der Waals surface area contributed by atoms with E-state index < -0.39 is 0 Å². The molecule has 0 spiro atoms. The maximum absolute atomic E-state index is 5.52. The van der Waals surface area contributed by atoms with Crippen LogP contribution in [0.5, 0.6) is 0 Å². The maximum atomic E-state index is 5.52. The Labute approximate surface area is 117 Å². The minimum absolute atomic E-state index is 0.0588. The lowest BCUT2D eigenvalue weighted by Crippen LogP contribution is -2.20. The van der Waals surface area contributed by atoms with Crippen LogP contribution >= 0.6 is 0 Å².